The molecule has 0 aliphatic carbocycles. The summed E-state index contributed by atoms with van der Waals surface area (Å²) in [5.41, 5.74) is 1.86. The zero-order chi connectivity index (χ0) is 15.0. The van der Waals surface area contributed by atoms with Crippen LogP contribution < -0.4 is 4.90 Å². The zero-order valence-electron chi connectivity index (χ0n) is 11.5. The Morgan fingerprint density at radius 3 is 2.86 bits per heavy atom. The van der Waals surface area contributed by atoms with E-state index in [0.29, 0.717) is 25.2 Å². The van der Waals surface area contributed by atoms with E-state index in [4.69, 9.17) is 5.11 Å². The van der Waals surface area contributed by atoms with Gasteiger partial charge in [0.05, 0.1) is 12.1 Å². The van der Waals surface area contributed by atoms with Crippen molar-refractivity contribution in [2.45, 2.75) is 19.4 Å². The van der Waals surface area contributed by atoms with E-state index in [1.54, 1.807) is 28.8 Å². The molecular formula is C14H14N4O3. The number of anilines is 1. The van der Waals surface area contributed by atoms with Crippen LogP contribution in [0.2, 0.25) is 0 Å². The number of aryl methyl sites for hydroxylation is 2. The third kappa shape index (κ3) is 2.37. The molecule has 1 aliphatic rings. The summed E-state index contributed by atoms with van der Waals surface area (Å²) in [7, 11) is 1.77. The Balaban J connectivity index is 1.97. The summed E-state index contributed by atoms with van der Waals surface area (Å²) in [5, 5.41) is 13.0. The quantitative estimate of drug-likeness (QED) is 0.909. The Morgan fingerprint density at radius 2 is 2.19 bits per heavy atom. The van der Waals surface area contributed by atoms with Crippen LogP contribution in [0.5, 0.6) is 0 Å². The molecular weight excluding hydrogens is 272 g/mol. The van der Waals surface area contributed by atoms with Gasteiger partial charge in [-0.3, -0.25) is 9.48 Å². The standard InChI is InChI=1S/C14H14N4O3/c1-17-12(15-8-16-17)7-18-11-4-2-10(14(20)21)6-9(11)3-5-13(18)19/h2,4,6,8H,3,5,7H2,1H3,(H,20,21). The fraction of sp³-hybridized carbons (Fsp3) is 0.286. The van der Waals surface area contributed by atoms with Gasteiger partial charge in [0.2, 0.25) is 5.91 Å². The molecule has 0 atom stereocenters. The average Bonchev–Trinajstić information content (AvgIpc) is 2.87. The molecule has 2 heterocycles. The summed E-state index contributed by atoms with van der Waals surface area (Å²) >= 11 is 0. The lowest BCUT2D eigenvalue weighted by Crippen LogP contribution is -2.35. The van der Waals surface area contributed by atoms with Crippen molar-refractivity contribution in [3.05, 3.63) is 41.5 Å². The van der Waals surface area contributed by atoms with Crippen molar-refractivity contribution >= 4 is 17.6 Å². The molecule has 21 heavy (non-hydrogen) atoms. The maximum Gasteiger partial charge on any atom is 0.335 e. The molecule has 0 bridgehead atoms. The smallest absolute Gasteiger partial charge is 0.335 e. The molecule has 0 saturated heterocycles. The van der Waals surface area contributed by atoms with Gasteiger partial charge in [0.25, 0.3) is 0 Å². The molecule has 2 aromatic rings. The first-order valence-electron chi connectivity index (χ1n) is 6.55. The predicted octanol–water partition coefficient (Wildman–Crippen LogP) is 0.993. The molecule has 1 aromatic carbocycles. The van der Waals surface area contributed by atoms with Gasteiger partial charge in [0.1, 0.15) is 12.2 Å². The summed E-state index contributed by atoms with van der Waals surface area (Å²) < 4.78 is 1.62. The molecule has 0 spiro atoms. The molecule has 1 amide bonds. The van der Waals surface area contributed by atoms with E-state index in [0.717, 1.165) is 11.3 Å². The summed E-state index contributed by atoms with van der Waals surface area (Å²) in [6.45, 7) is 0.328. The van der Waals surface area contributed by atoms with E-state index in [1.807, 2.05) is 0 Å². The van der Waals surface area contributed by atoms with Gasteiger partial charge in [-0.05, 0) is 30.2 Å². The maximum atomic E-state index is 12.2. The number of rotatable bonds is 3. The lowest BCUT2D eigenvalue weighted by Gasteiger charge is -2.29. The molecule has 7 nitrogen and oxygen atoms in total. The number of hydrogen-bond donors (Lipinski definition) is 1. The zero-order valence-corrected chi connectivity index (χ0v) is 11.5. The highest BCUT2D eigenvalue weighted by Gasteiger charge is 2.26. The van der Waals surface area contributed by atoms with Crippen LogP contribution in [-0.4, -0.2) is 31.7 Å². The van der Waals surface area contributed by atoms with Crippen molar-refractivity contribution in [2.24, 2.45) is 7.05 Å². The van der Waals surface area contributed by atoms with E-state index < -0.39 is 5.97 Å². The Morgan fingerprint density at radius 1 is 1.38 bits per heavy atom. The number of carbonyl (C=O) groups is 2. The van der Waals surface area contributed by atoms with E-state index in [-0.39, 0.29) is 11.5 Å². The van der Waals surface area contributed by atoms with Crippen LogP contribution in [0.15, 0.2) is 24.5 Å². The third-order valence-corrected chi connectivity index (χ3v) is 3.63. The number of benzene rings is 1. The molecule has 3 rings (SSSR count). The minimum Gasteiger partial charge on any atom is -0.478 e. The summed E-state index contributed by atoms with van der Waals surface area (Å²) in [6.07, 6.45) is 2.37. The van der Waals surface area contributed by atoms with Gasteiger partial charge >= 0.3 is 5.97 Å². The molecule has 1 aromatic heterocycles. The Labute approximate surface area is 120 Å². The van der Waals surface area contributed by atoms with Gasteiger partial charge < -0.3 is 10.0 Å². The van der Waals surface area contributed by atoms with Crippen molar-refractivity contribution in [1.82, 2.24) is 14.8 Å². The fourth-order valence-corrected chi connectivity index (χ4v) is 2.47. The molecule has 7 heteroatoms. The van der Waals surface area contributed by atoms with Crippen LogP contribution >= 0.6 is 0 Å². The van der Waals surface area contributed by atoms with Crippen LogP contribution in [0.25, 0.3) is 0 Å². The largest absolute Gasteiger partial charge is 0.478 e. The van der Waals surface area contributed by atoms with Crippen molar-refractivity contribution < 1.29 is 14.7 Å². The van der Waals surface area contributed by atoms with Crippen LogP contribution in [0.4, 0.5) is 5.69 Å². The summed E-state index contributed by atoms with van der Waals surface area (Å²) in [5.74, 6) is -0.276. The Bertz CT molecular complexity index is 723. The number of hydrogen-bond acceptors (Lipinski definition) is 4. The first-order chi connectivity index (χ1) is 10.1. The molecule has 0 radical (unpaired) electrons. The third-order valence-electron chi connectivity index (χ3n) is 3.63. The Kier molecular flexibility index (Phi) is 3.17. The van der Waals surface area contributed by atoms with Crippen LogP contribution in [0, 0.1) is 0 Å². The highest BCUT2D eigenvalue weighted by molar-refractivity contribution is 5.97. The molecule has 1 N–H and O–H groups in total. The van der Waals surface area contributed by atoms with E-state index in [9.17, 15) is 9.59 Å². The van der Waals surface area contributed by atoms with Crippen LogP contribution in [0.1, 0.15) is 28.2 Å². The first-order valence-corrected chi connectivity index (χ1v) is 6.55. The Hall–Kier alpha value is -2.70. The number of fused-ring (bicyclic) bond motifs is 1. The SMILES string of the molecule is Cn1ncnc1CN1C(=O)CCc2cc(C(=O)O)ccc21. The predicted molar refractivity (Wildman–Crippen MR) is 73.9 cm³/mol. The second-order valence-electron chi connectivity index (χ2n) is 4.93. The summed E-state index contributed by atoms with van der Waals surface area (Å²) in [4.78, 5) is 29.0. The topological polar surface area (TPSA) is 88.3 Å². The van der Waals surface area contributed by atoms with Crippen LogP contribution in [-0.2, 0) is 24.8 Å². The van der Waals surface area contributed by atoms with Gasteiger partial charge in [0, 0.05) is 19.2 Å². The molecule has 1 aliphatic heterocycles. The lowest BCUT2D eigenvalue weighted by atomic mass is 9.98. The first kappa shape index (κ1) is 13.3. The van der Waals surface area contributed by atoms with Crippen molar-refractivity contribution in [3.8, 4) is 0 Å². The lowest BCUT2D eigenvalue weighted by molar-refractivity contribution is -0.119. The van der Waals surface area contributed by atoms with Crippen molar-refractivity contribution in [1.29, 1.82) is 0 Å². The van der Waals surface area contributed by atoms with Gasteiger partial charge in [-0.15, -0.1) is 0 Å². The van der Waals surface area contributed by atoms with Gasteiger partial charge in [-0.2, -0.15) is 5.10 Å². The minimum atomic E-state index is -0.963. The highest BCUT2D eigenvalue weighted by Crippen LogP contribution is 2.29. The number of carboxylic acids is 1. The molecule has 0 fully saturated rings. The number of aromatic nitrogens is 3. The number of carbonyl (C=O) groups excluding carboxylic acids is 1. The monoisotopic (exact) mass is 286 g/mol. The van der Waals surface area contributed by atoms with E-state index in [2.05, 4.69) is 10.1 Å². The second kappa shape index (κ2) is 5.01. The molecule has 0 unspecified atom stereocenters. The molecule has 0 saturated carbocycles. The average molecular weight is 286 g/mol. The number of carboxylic acid groups (broad SMARTS) is 1. The van der Waals surface area contributed by atoms with Crippen molar-refractivity contribution in [2.75, 3.05) is 4.90 Å². The normalized spacial score (nSPS) is 14.1. The highest BCUT2D eigenvalue weighted by atomic mass is 16.4. The van der Waals surface area contributed by atoms with Gasteiger partial charge in [-0.25, -0.2) is 9.78 Å². The van der Waals surface area contributed by atoms with E-state index in [1.165, 1.54) is 12.4 Å². The number of amides is 1. The second-order valence-corrected chi connectivity index (χ2v) is 4.93. The maximum absolute atomic E-state index is 12.2. The minimum absolute atomic E-state index is 0.00794. The van der Waals surface area contributed by atoms with Gasteiger partial charge in [0.15, 0.2) is 0 Å². The van der Waals surface area contributed by atoms with Crippen molar-refractivity contribution in [3.63, 3.8) is 0 Å². The fourth-order valence-electron chi connectivity index (χ4n) is 2.47. The summed E-state index contributed by atoms with van der Waals surface area (Å²) in [6, 6.07) is 4.84. The molecule has 108 valence electrons. The van der Waals surface area contributed by atoms with E-state index >= 15 is 0 Å². The van der Waals surface area contributed by atoms with Gasteiger partial charge in [-0.1, -0.05) is 0 Å². The number of nitrogens with zero attached hydrogens (tertiary/aromatic N) is 4. The number of aromatic carboxylic acids is 1. The van der Waals surface area contributed by atoms with Crippen LogP contribution in [0.3, 0.4) is 0 Å².